The number of methoxy groups -OCH3 is 1. The molecule has 1 aliphatic heterocycles. The highest BCUT2D eigenvalue weighted by molar-refractivity contribution is 6.07. The van der Waals surface area contributed by atoms with Gasteiger partial charge >= 0.3 is 24.1 Å². The fraction of sp³-hybridized carbons (Fsp3) is 0.258. The van der Waals surface area contributed by atoms with Gasteiger partial charge in [-0.05, 0) is 66.9 Å². The zero-order chi connectivity index (χ0) is 31.1. The summed E-state index contributed by atoms with van der Waals surface area (Å²) >= 11 is 0. The molecule has 1 heterocycles. The van der Waals surface area contributed by atoms with Gasteiger partial charge in [0.2, 0.25) is 0 Å². The predicted octanol–water partition coefficient (Wildman–Crippen LogP) is 3.97. The molecule has 0 bridgehead atoms. The van der Waals surface area contributed by atoms with Crippen LogP contribution >= 0.6 is 0 Å². The molecule has 3 amide bonds. The number of rotatable bonds is 9. The number of hydrogen-bond donors (Lipinski definition) is 3. The second-order valence-electron chi connectivity index (χ2n) is 9.97. The van der Waals surface area contributed by atoms with E-state index in [0.29, 0.717) is 30.6 Å². The van der Waals surface area contributed by atoms with Crippen LogP contribution < -0.4 is 21.3 Å². The summed E-state index contributed by atoms with van der Waals surface area (Å²) in [7, 11) is 1.26. The topological polar surface area (TPSA) is 157 Å². The molecular formula is C31H31FN4O7. The molecule has 4 rings (SSSR count). The molecule has 3 aromatic carbocycles. The van der Waals surface area contributed by atoms with Crippen LogP contribution in [0.5, 0.6) is 0 Å². The Hall–Kier alpha value is -5.10. The number of primary amides is 1. The molecule has 0 aliphatic carbocycles. The van der Waals surface area contributed by atoms with Gasteiger partial charge in [-0.2, -0.15) is 0 Å². The first kappa shape index (κ1) is 30.8. The van der Waals surface area contributed by atoms with Gasteiger partial charge in [0.05, 0.1) is 26.0 Å². The lowest BCUT2D eigenvalue weighted by molar-refractivity contribution is -0.141. The molecule has 1 fully saturated rings. The number of benzene rings is 3. The number of urea groups is 1. The fourth-order valence-corrected chi connectivity index (χ4v) is 4.75. The average molecular weight is 591 g/mol. The number of amides is 3. The molecule has 12 heteroatoms. The average Bonchev–Trinajstić information content (AvgIpc) is 3.52. The Kier molecular flexibility index (Phi) is 9.83. The van der Waals surface area contributed by atoms with E-state index in [1.807, 2.05) is 0 Å². The summed E-state index contributed by atoms with van der Waals surface area (Å²) < 4.78 is 24.5. The third kappa shape index (κ3) is 7.60. The van der Waals surface area contributed by atoms with Crippen LogP contribution in [-0.4, -0.2) is 56.6 Å². The van der Waals surface area contributed by atoms with E-state index in [9.17, 15) is 28.4 Å². The summed E-state index contributed by atoms with van der Waals surface area (Å²) in [5.41, 5.74) is 7.32. The van der Waals surface area contributed by atoms with Crippen molar-refractivity contribution in [1.29, 1.82) is 0 Å². The molecule has 4 N–H and O–H groups in total. The van der Waals surface area contributed by atoms with Crippen LogP contribution in [0, 0.1) is 18.7 Å². The van der Waals surface area contributed by atoms with Crippen molar-refractivity contribution in [3.05, 3.63) is 83.2 Å². The van der Waals surface area contributed by atoms with E-state index >= 15 is 0 Å². The maximum absolute atomic E-state index is 14.8. The van der Waals surface area contributed by atoms with E-state index in [4.69, 9.17) is 15.2 Å². The maximum Gasteiger partial charge on any atom is 0.419 e. The van der Waals surface area contributed by atoms with Crippen molar-refractivity contribution < 1.29 is 37.8 Å². The highest BCUT2D eigenvalue weighted by Crippen LogP contribution is 2.31. The summed E-state index contributed by atoms with van der Waals surface area (Å²) in [6, 6.07) is 14.3. The molecule has 0 saturated carbocycles. The first-order valence-electron chi connectivity index (χ1n) is 13.5. The number of ether oxygens (including phenoxy) is 2. The third-order valence-electron chi connectivity index (χ3n) is 7.08. The van der Waals surface area contributed by atoms with E-state index < -0.39 is 48.1 Å². The predicted molar refractivity (Wildman–Crippen MR) is 156 cm³/mol. The highest BCUT2D eigenvalue weighted by Gasteiger charge is 2.27. The third-order valence-corrected chi connectivity index (χ3v) is 7.08. The monoisotopic (exact) mass is 590 g/mol. The van der Waals surface area contributed by atoms with E-state index in [1.54, 1.807) is 31.2 Å². The minimum absolute atomic E-state index is 0.0560. The van der Waals surface area contributed by atoms with Crippen molar-refractivity contribution in [1.82, 2.24) is 5.32 Å². The summed E-state index contributed by atoms with van der Waals surface area (Å²) in [5, 5.41) is 5.52. The number of ketones is 1. The normalized spacial score (nSPS) is 14.1. The van der Waals surface area contributed by atoms with Crippen LogP contribution in [0.15, 0.2) is 60.7 Å². The van der Waals surface area contributed by atoms with Crippen LogP contribution in [0.3, 0.4) is 0 Å². The van der Waals surface area contributed by atoms with Crippen LogP contribution in [0.2, 0.25) is 0 Å². The SMILES string of the molecule is COC(=O)Cc1cccc(N(CC(=O)c2cc(-c3ccccc3F)cc(NC(=O)OC(=O)C3CCNC3)c2C)C(N)=O)c1. The Morgan fingerprint density at radius 1 is 1.07 bits per heavy atom. The quantitative estimate of drug-likeness (QED) is 0.192. The maximum atomic E-state index is 14.8. The zero-order valence-corrected chi connectivity index (χ0v) is 23.6. The van der Waals surface area contributed by atoms with E-state index in [2.05, 4.69) is 10.6 Å². The number of carbonyl (C=O) groups is 5. The van der Waals surface area contributed by atoms with Gasteiger partial charge in [0.25, 0.3) is 0 Å². The van der Waals surface area contributed by atoms with Crippen LogP contribution in [-0.2, 0) is 25.5 Å². The van der Waals surface area contributed by atoms with Crippen molar-refractivity contribution in [2.45, 2.75) is 19.8 Å². The molecule has 11 nitrogen and oxygen atoms in total. The number of nitrogens with one attached hydrogen (secondary N) is 2. The Balaban J connectivity index is 1.66. The van der Waals surface area contributed by atoms with E-state index in [-0.39, 0.29) is 34.5 Å². The number of hydrogen-bond acceptors (Lipinski definition) is 8. The number of halogens is 1. The molecule has 0 spiro atoms. The fourth-order valence-electron chi connectivity index (χ4n) is 4.75. The van der Waals surface area contributed by atoms with Crippen molar-refractivity contribution in [3.63, 3.8) is 0 Å². The molecule has 224 valence electrons. The molecular weight excluding hydrogens is 559 g/mol. The van der Waals surface area contributed by atoms with Gasteiger partial charge in [0.15, 0.2) is 5.78 Å². The summed E-state index contributed by atoms with van der Waals surface area (Å²) in [4.78, 5) is 63.9. The van der Waals surface area contributed by atoms with Gasteiger partial charge in [0.1, 0.15) is 5.82 Å². The van der Waals surface area contributed by atoms with Gasteiger partial charge in [-0.15, -0.1) is 0 Å². The van der Waals surface area contributed by atoms with Crippen molar-refractivity contribution in [2.75, 3.05) is 37.0 Å². The smallest absolute Gasteiger partial charge is 0.419 e. The zero-order valence-electron chi connectivity index (χ0n) is 23.6. The van der Waals surface area contributed by atoms with Gasteiger partial charge in [-0.1, -0.05) is 30.3 Å². The van der Waals surface area contributed by atoms with Crippen LogP contribution in [0.25, 0.3) is 11.1 Å². The van der Waals surface area contributed by atoms with E-state index in [0.717, 1.165) is 4.90 Å². The molecule has 43 heavy (non-hydrogen) atoms. The second kappa shape index (κ2) is 13.7. The van der Waals surface area contributed by atoms with Crippen molar-refractivity contribution in [3.8, 4) is 11.1 Å². The van der Waals surface area contributed by atoms with Gasteiger partial charge in [-0.25, -0.2) is 14.0 Å². The first-order valence-corrected chi connectivity index (χ1v) is 13.5. The van der Waals surface area contributed by atoms with Crippen LogP contribution in [0.1, 0.15) is 27.9 Å². The van der Waals surface area contributed by atoms with Crippen molar-refractivity contribution in [2.24, 2.45) is 11.7 Å². The van der Waals surface area contributed by atoms with Crippen molar-refractivity contribution >= 4 is 41.2 Å². The number of anilines is 2. The number of nitrogens with zero attached hydrogens (tertiary/aromatic N) is 1. The lowest BCUT2D eigenvalue weighted by Crippen LogP contribution is -2.40. The molecule has 1 atom stereocenters. The Labute approximate surface area is 247 Å². The molecule has 0 radical (unpaired) electrons. The molecule has 1 saturated heterocycles. The minimum atomic E-state index is -1.05. The van der Waals surface area contributed by atoms with Gasteiger partial charge < -0.3 is 20.5 Å². The van der Waals surface area contributed by atoms with Gasteiger partial charge in [-0.3, -0.25) is 24.6 Å². The van der Waals surface area contributed by atoms with Crippen LogP contribution in [0.4, 0.5) is 25.4 Å². The molecule has 1 unspecified atom stereocenters. The standard InChI is InChI=1S/C31H31FN4O7/c1-18-24(27(37)17-36(30(33)40)22-7-5-6-19(12-22)13-28(38)42-2)14-21(23-8-3-4-9-25(23)32)15-26(18)35-31(41)43-29(39)20-10-11-34-16-20/h3-9,12,14-15,20,34H,10-11,13,16-17H2,1-2H3,(H2,33,40)(H,35,41). The summed E-state index contributed by atoms with van der Waals surface area (Å²) in [5.74, 6) is -2.77. The number of carbonyl (C=O) groups excluding carboxylic acids is 5. The lowest BCUT2D eigenvalue weighted by atomic mass is 9.95. The summed E-state index contributed by atoms with van der Waals surface area (Å²) in [6.45, 7) is 2.08. The molecule has 0 aromatic heterocycles. The lowest BCUT2D eigenvalue weighted by Gasteiger charge is -2.22. The van der Waals surface area contributed by atoms with E-state index in [1.165, 1.54) is 43.5 Å². The first-order chi connectivity index (χ1) is 20.6. The number of Topliss-reactive ketones (excluding diaryl/α,β-unsaturated/α-hetero) is 1. The number of esters is 2. The minimum Gasteiger partial charge on any atom is -0.469 e. The molecule has 3 aromatic rings. The summed E-state index contributed by atoms with van der Waals surface area (Å²) in [6.07, 6.45) is -0.570. The largest absolute Gasteiger partial charge is 0.469 e. The number of nitrogens with two attached hydrogens (primary N) is 1. The Morgan fingerprint density at radius 2 is 1.84 bits per heavy atom. The second-order valence-corrected chi connectivity index (χ2v) is 9.97. The Morgan fingerprint density at radius 3 is 2.51 bits per heavy atom. The molecule has 1 aliphatic rings. The Bertz CT molecular complexity index is 1570. The highest BCUT2D eigenvalue weighted by atomic mass is 19.1. The van der Waals surface area contributed by atoms with Gasteiger partial charge in [0, 0.05) is 29.0 Å².